The second-order valence-electron chi connectivity index (χ2n) is 4.95. The van der Waals surface area contributed by atoms with Gasteiger partial charge in [0, 0.05) is 12.7 Å². The van der Waals surface area contributed by atoms with Crippen LogP contribution in [-0.4, -0.2) is 36.3 Å². The van der Waals surface area contributed by atoms with E-state index in [0.717, 1.165) is 5.69 Å². The summed E-state index contributed by atoms with van der Waals surface area (Å²) in [6.45, 7) is 4.10. The molecule has 0 spiro atoms. The first-order valence-electron chi connectivity index (χ1n) is 6.53. The number of pyridine rings is 1. The number of sulfonamides is 1. The van der Waals surface area contributed by atoms with E-state index in [4.69, 9.17) is 4.74 Å². The number of aromatic nitrogens is 3. The Morgan fingerprint density at radius 3 is 2.67 bits per heavy atom. The van der Waals surface area contributed by atoms with Crippen LogP contribution in [0.4, 0.5) is 5.82 Å². The van der Waals surface area contributed by atoms with E-state index in [-0.39, 0.29) is 11.6 Å². The first-order chi connectivity index (χ1) is 9.89. The van der Waals surface area contributed by atoms with Crippen molar-refractivity contribution < 1.29 is 13.2 Å². The molecular formula is C13H16N4O3S. The number of hydrogen-bond donors (Lipinski definition) is 0. The van der Waals surface area contributed by atoms with Crippen molar-refractivity contribution in [2.75, 3.05) is 17.5 Å². The zero-order valence-electron chi connectivity index (χ0n) is 12.1. The summed E-state index contributed by atoms with van der Waals surface area (Å²) in [6.07, 6.45) is 0. The molecule has 2 aromatic rings. The van der Waals surface area contributed by atoms with Gasteiger partial charge in [-0.1, -0.05) is 0 Å². The van der Waals surface area contributed by atoms with Gasteiger partial charge in [-0.05, 0) is 32.0 Å². The summed E-state index contributed by atoms with van der Waals surface area (Å²) in [6, 6.07) is 5.09. The fraction of sp³-hybridized carbons (Fsp3) is 0.385. The summed E-state index contributed by atoms with van der Waals surface area (Å²) in [5.74, 6) is 0.814. The molecule has 0 saturated carbocycles. The monoisotopic (exact) mass is 308 g/mol. The molecule has 0 aromatic carbocycles. The highest BCUT2D eigenvalue weighted by atomic mass is 32.2. The summed E-state index contributed by atoms with van der Waals surface area (Å²) < 4.78 is 33.9. The van der Waals surface area contributed by atoms with Crippen LogP contribution in [-0.2, 0) is 17.1 Å². The van der Waals surface area contributed by atoms with Crippen LogP contribution in [0.2, 0.25) is 0 Å². The third-order valence-corrected chi connectivity index (χ3v) is 5.13. The van der Waals surface area contributed by atoms with Crippen molar-refractivity contribution in [1.82, 2.24) is 14.8 Å². The van der Waals surface area contributed by atoms with E-state index in [1.165, 1.54) is 8.99 Å². The molecule has 0 aliphatic carbocycles. The molecule has 0 radical (unpaired) electrons. The minimum atomic E-state index is -3.71. The van der Waals surface area contributed by atoms with Gasteiger partial charge in [-0.3, -0.25) is 4.68 Å². The lowest BCUT2D eigenvalue weighted by Gasteiger charge is -2.29. The molecule has 0 bridgehead atoms. The highest BCUT2D eigenvalue weighted by Gasteiger charge is 2.33. The van der Waals surface area contributed by atoms with E-state index in [1.807, 2.05) is 6.92 Å². The summed E-state index contributed by atoms with van der Waals surface area (Å²) in [5, 5.41) is 4.25. The molecule has 2 aromatic heterocycles. The summed E-state index contributed by atoms with van der Waals surface area (Å²) >= 11 is 0. The second kappa shape index (κ2) is 4.73. The zero-order valence-corrected chi connectivity index (χ0v) is 12.9. The van der Waals surface area contributed by atoms with Crippen LogP contribution in [0.3, 0.4) is 0 Å². The lowest BCUT2D eigenvalue weighted by atomic mass is 10.3. The molecule has 1 aliphatic rings. The van der Waals surface area contributed by atoms with Gasteiger partial charge in [-0.25, -0.2) is 9.29 Å². The molecule has 0 saturated heterocycles. The maximum atomic E-state index is 12.9. The smallest absolute Gasteiger partial charge is 0.282 e. The highest BCUT2D eigenvalue weighted by molar-refractivity contribution is 7.92. The summed E-state index contributed by atoms with van der Waals surface area (Å²) in [7, 11) is -2.09. The predicted molar refractivity (Wildman–Crippen MR) is 76.9 cm³/mol. The molecule has 3 heterocycles. The second-order valence-corrected chi connectivity index (χ2v) is 6.76. The van der Waals surface area contributed by atoms with Crippen LogP contribution in [0.1, 0.15) is 11.4 Å². The first kappa shape index (κ1) is 13.9. The number of hydrogen-bond acceptors (Lipinski definition) is 5. The standard InChI is InChI=1S/C13H16N4O3S/c1-9-4-5-11-13(14-9)17(6-7-20-11)21(18,19)12-8-10(2)15-16(12)3/h4-5,8H,6-7H2,1-3H3. The average Bonchev–Trinajstić information content (AvgIpc) is 2.77. The maximum absolute atomic E-state index is 12.9. The molecule has 112 valence electrons. The van der Waals surface area contributed by atoms with Crippen LogP contribution >= 0.6 is 0 Å². The third-order valence-electron chi connectivity index (χ3n) is 3.28. The van der Waals surface area contributed by atoms with E-state index in [1.54, 1.807) is 32.2 Å². The average molecular weight is 308 g/mol. The summed E-state index contributed by atoms with van der Waals surface area (Å²) in [4.78, 5) is 4.32. The number of rotatable bonds is 2. The molecule has 0 amide bonds. The van der Waals surface area contributed by atoms with E-state index in [0.29, 0.717) is 23.9 Å². The van der Waals surface area contributed by atoms with Crippen LogP contribution in [0.25, 0.3) is 0 Å². The van der Waals surface area contributed by atoms with Gasteiger partial charge < -0.3 is 4.74 Å². The Bertz CT molecular complexity index is 798. The van der Waals surface area contributed by atoms with Gasteiger partial charge in [0.05, 0.1) is 12.2 Å². The van der Waals surface area contributed by atoms with Crippen molar-refractivity contribution in [3.63, 3.8) is 0 Å². The lowest BCUT2D eigenvalue weighted by Crippen LogP contribution is -2.39. The minimum absolute atomic E-state index is 0.149. The largest absolute Gasteiger partial charge is 0.488 e. The van der Waals surface area contributed by atoms with E-state index < -0.39 is 10.0 Å². The van der Waals surface area contributed by atoms with Crippen LogP contribution < -0.4 is 9.04 Å². The molecule has 8 heteroatoms. The lowest BCUT2D eigenvalue weighted by molar-refractivity contribution is 0.313. The number of fused-ring (bicyclic) bond motifs is 1. The molecule has 0 unspecified atom stereocenters. The van der Waals surface area contributed by atoms with Gasteiger partial charge in [0.1, 0.15) is 6.61 Å². The Labute approximate surface area is 123 Å². The Morgan fingerprint density at radius 1 is 1.24 bits per heavy atom. The Hall–Kier alpha value is -2.09. The van der Waals surface area contributed by atoms with Crippen molar-refractivity contribution in [3.8, 4) is 5.75 Å². The van der Waals surface area contributed by atoms with E-state index >= 15 is 0 Å². The van der Waals surface area contributed by atoms with Crippen molar-refractivity contribution in [3.05, 3.63) is 29.6 Å². The Kier molecular flexibility index (Phi) is 3.12. The molecule has 0 N–H and O–H groups in total. The quantitative estimate of drug-likeness (QED) is 0.828. The number of nitrogens with zero attached hydrogens (tertiary/aromatic N) is 4. The van der Waals surface area contributed by atoms with Gasteiger partial charge in [-0.15, -0.1) is 0 Å². The van der Waals surface area contributed by atoms with Gasteiger partial charge in [-0.2, -0.15) is 13.5 Å². The van der Waals surface area contributed by atoms with Crippen LogP contribution in [0.5, 0.6) is 5.75 Å². The van der Waals surface area contributed by atoms with Crippen LogP contribution in [0.15, 0.2) is 23.2 Å². The van der Waals surface area contributed by atoms with Gasteiger partial charge in [0.2, 0.25) is 0 Å². The molecular weight excluding hydrogens is 292 g/mol. The van der Waals surface area contributed by atoms with Crippen molar-refractivity contribution in [1.29, 1.82) is 0 Å². The summed E-state index contributed by atoms with van der Waals surface area (Å²) in [5.41, 5.74) is 1.39. The number of anilines is 1. The van der Waals surface area contributed by atoms with Crippen molar-refractivity contribution in [2.45, 2.75) is 18.9 Å². The minimum Gasteiger partial charge on any atom is -0.488 e. The number of aryl methyl sites for hydroxylation is 3. The topological polar surface area (TPSA) is 77.3 Å². The maximum Gasteiger partial charge on any atom is 0.282 e. The normalized spacial score (nSPS) is 14.7. The first-order valence-corrected chi connectivity index (χ1v) is 7.97. The van der Waals surface area contributed by atoms with Crippen molar-refractivity contribution >= 4 is 15.8 Å². The van der Waals surface area contributed by atoms with Crippen molar-refractivity contribution in [2.24, 2.45) is 7.05 Å². The SMILES string of the molecule is Cc1ccc2c(n1)N(S(=O)(=O)c1cc(C)nn1C)CCO2. The number of ether oxygens (including phenoxy) is 1. The van der Waals surface area contributed by atoms with Gasteiger partial charge >= 0.3 is 0 Å². The van der Waals surface area contributed by atoms with Gasteiger partial charge in [0.15, 0.2) is 16.6 Å². The third kappa shape index (κ3) is 2.25. The van der Waals surface area contributed by atoms with Gasteiger partial charge in [0.25, 0.3) is 10.0 Å². The fourth-order valence-corrected chi connectivity index (χ4v) is 3.93. The molecule has 0 fully saturated rings. The fourth-order valence-electron chi connectivity index (χ4n) is 2.34. The zero-order chi connectivity index (χ0) is 15.2. The Balaban J connectivity index is 2.14. The van der Waals surface area contributed by atoms with Crippen LogP contribution in [0, 0.1) is 13.8 Å². The molecule has 7 nitrogen and oxygen atoms in total. The Morgan fingerprint density at radius 2 is 2.00 bits per heavy atom. The molecule has 21 heavy (non-hydrogen) atoms. The highest BCUT2D eigenvalue weighted by Crippen LogP contribution is 2.33. The molecule has 3 rings (SSSR count). The van der Waals surface area contributed by atoms with E-state index in [9.17, 15) is 8.42 Å². The predicted octanol–water partition coefficient (Wildman–Crippen LogP) is 1.02. The molecule has 0 atom stereocenters. The molecule has 1 aliphatic heterocycles. The van der Waals surface area contributed by atoms with E-state index in [2.05, 4.69) is 10.1 Å².